The van der Waals surface area contributed by atoms with Crippen molar-refractivity contribution in [2.45, 2.75) is 26.2 Å². The van der Waals surface area contributed by atoms with Gasteiger partial charge in [0.1, 0.15) is 34.5 Å². The topological polar surface area (TPSA) is 105 Å². The Morgan fingerprint density at radius 1 is 0.676 bits per heavy atom. The van der Waals surface area contributed by atoms with E-state index in [2.05, 4.69) is 0 Å². The van der Waals surface area contributed by atoms with E-state index >= 15 is 0 Å². The molecule has 4 aromatic carbocycles. The second-order valence-corrected chi connectivity index (χ2v) is 9.78. The average molecular weight is 501 g/mol. The van der Waals surface area contributed by atoms with Crippen molar-refractivity contribution < 1.29 is 34.3 Å². The summed E-state index contributed by atoms with van der Waals surface area (Å²) in [6.45, 7) is 5.69. The molecule has 0 fully saturated rings. The van der Waals surface area contributed by atoms with Crippen molar-refractivity contribution in [2.24, 2.45) is 0 Å². The fourth-order valence-corrected chi connectivity index (χ4v) is 5.46. The molecule has 1 aliphatic rings. The molecule has 7 nitrogen and oxygen atoms in total. The maximum Gasteiger partial charge on any atom is 0.201 e. The van der Waals surface area contributed by atoms with Gasteiger partial charge >= 0.3 is 0 Å². The predicted molar refractivity (Wildman–Crippen MR) is 141 cm³/mol. The first kappa shape index (κ1) is 24.3. The summed E-state index contributed by atoms with van der Waals surface area (Å²) in [4.78, 5) is 13.8. The molecule has 0 aliphatic heterocycles. The molecular weight excluding hydrogens is 472 g/mol. The zero-order valence-electron chi connectivity index (χ0n) is 21.5. The Morgan fingerprint density at radius 3 is 1.81 bits per heavy atom. The second-order valence-electron chi connectivity index (χ2n) is 9.78. The molecule has 190 valence electrons. The number of benzene rings is 4. The molecule has 0 aromatic heterocycles. The molecule has 0 spiro atoms. The third-order valence-corrected chi connectivity index (χ3v) is 7.34. The standard InChI is InChI=1S/C30H28O7/c1-14-7-16(35-4)12-22(31)24(14)19-10-17(36-5)8-15-9-20-27(28(33)25(15)19)29(34)26-21(30(20,2)3)11-18(37-6)13-23(26)32/h7-13,31-33H,1-6H3. The van der Waals surface area contributed by atoms with Crippen LogP contribution in [0.4, 0.5) is 0 Å². The minimum atomic E-state index is -0.752. The Kier molecular flexibility index (Phi) is 5.48. The second kappa shape index (κ2) is 8.34. The lowest BCUT2D eigenvalue weighted by molar-refractivity contribution is 0.102. The van der Waals surface area contributed by atoms with Crippen molar-refractivity contribution in [3.63, 3.8) is 0 Å². The van der Waals surface area contributed by atoms with Crippen LogP contribution in [0.5, 0.6) is 34.5 Å². The Hall–Kier alpha value is -4.39. The number of fused-ring (bicyclic) bond motifs is 3. The van der Waals surface area contributed by atoms with Crippen LogP contribution in [0.1, 0.15) is 46.5 Å². The fraction of sp³-hybridized carbons (Fsp3) is 0.233. The third kappa shape index (κ3) is 3.45. The van der Waals surface area contributed by atoms with Crippen LogP contribution in [-0.2, 0) is 5.41 Å². The number of carbonyl (C=O) groups excluding carboxylic acids is 1. The first-order chi connectivity index (χ1) is 17.5. The number of rotatable bonds is 4. The molecule has 3 N–H and O–H groups in total. The van der Waals surface area contributed by atoms with Gasteiger partial charge in [-0.3, -0.25) is 4.79 Å². The first-order valence-corrected chi connectivity index (χ1v) is 11.8. The predicted octanol–water partition coefficient (Wildman–Crippen LogP) is 5.83. The number of hydrogen-bond acceptors (Lipinski definition) is 7. The number of hydrogen-bond donors (Lipinski definition) is 3. The van der Waals surface area contributed by atoms with Crippen LogP contribution >= 0.6 is 0 Å². The molecule has 0 saturated heterocycles. The summed E-state index contributed by atoms with van der Waals surface area (Å²) in [7, 11) is 4.56. The molecule has 0 radical (unpaired) electrons. The largest absolute Gasteiger partial charge is 0.507 e. The molecule has 0 amide bonds. The van der Waals surface area contributed by atoms with Gasteiger partial charge in [-0.15, -0.1) is 0 Å². The Balaban J connectivity index is 1.90. The molecule has 5 rings (SSSR count). The summed E-state index contributed by atoms with van der Waals surface area (Å²) < 4.78 is 16.2. The van der Waals surface area contributed by atoms with Crippen molar-refractivity contribution in [2.75, 3.05) is 21.3 Å². The molecular formula is C30H28O7. The zero-order valence-corrected chi connectivity index (χ0v) is 21.5. The van der Waals surface area contributed by atoms with E-state index in [-0.39, 0.29) is 28.4 Å². The van der Waals surface area contributed by atoms with Gasteiger partial charge in [0.05, 0.1) is 32.5 Å². The number of methoxy groups -OCH3 is 3. The number of aryl methyl sites for hydroxylation is 1. The SMILES string of the molecule is COc1cc(C)c(-c2cc(OC)cc3cc4c(c(O)c23)C(=O)c2c(O)cc(OC)cc2C4(C)C)c(O)c1. The van der Waals surface area contributed by atoms with E-state index in [1.54, 1.807) is 31.4 Å². The number of aromatic hydroxyl groups is 3. The van der Waals surface area contributed by atoms with E-state index in [0.717, 1.165) is 0 Å². The highest BCUT2D eigenvalue weighted by Gasteiger charge is 2.41. The lowest BCUT2D eigenvalue weighted by Gasteiger charge is -2.35. The van der Waals surface area contributed by atoms with Crippen molar-refractivity contribution in [3.8, 4) is 45.6 Å². The van der Waals surface area contributed by atoms with E-state index in [1.807, 2.05) is 26.8 Å². The van der Waals surface area contributed by atoms with Crippen molar-refractivity contribution in [3.05, 3.63) is 70.3 Å². The van der Waals surface area contributed by atoms with Gasteiger partial charge in [-0.25, -0.2) is 0 Å². The molecule has 37 heavy (non-hydrogen) atoms. The first-order valence-electron chi connectivity index (χ1n) is 11.8. The lowest BCUT2D eigenvalue weighted by Crippen LogP contribution is -2.30. The summed E-state index contributed by atoms with van der Waals surface area (Å²) in [6.07, 6.45) is 0. The quantitative estimate of drug-likeness (QED) is 0.324. The summed E-state index contributed by atoms with van der Waals surface area (Å²) >= 11 is 0. The maximum atomic E-state index is 13.8. The van der Waals surface area contributed by atoms with Gasteiger partial charge in [-0.1, -0.05) is 13.8 Å². The molecule has 0 heterocycles. The monoisotopic (exact) mass is 500 g/mol. The smallest absolute Gasteiger partial charge is 0.201 e. The minimum absolute atomic E-state index is 0.0368. The fourth-order valence-electron chi connectivity index (χ4n) is 5.46. The summed E-state index contributed by atoms with van der Waals surface area (Å²) in [5.74, 6) is 0.490. The summed E-state index contributed by atoms with van der Waals surface area (Å²) in [5.41, 5.74) is 2.40. The summed E-state index contributed by atoms with van der Waals surface area (Å²) in [6, 6.07) is 11.8. The Labute approximate surface area is 214 Å². The number of carbonyl (C=O) groups is 1. The number of ether oxygens (including phenoxy) is 3. The van der Waals surface area contributed by atoms with E-state index in [0.29, 0.717) is 55.8 Å². The van der Waals surface area contributed by atoms with Crippen LogP contribution in [0.15, 0.2) is 42.5 Å². The Bertz CT molecular complexity index is 1590. The summed E-state index contributed by atoms with van der Waals surface area (Å²) in [5, 5.41) is 34.5. The van der Waals surface area contributed by atoms with Gasteiger partial charge in [0, 0.05) is 34.1 Å². The highest BCUT2D eigenvalue weighted by atomic mass is 16.5. The van der Waals surface area contributed by atoms with Crippen molar-refractivity contribution >= 4 is 16.6 Å². The van der Waals surface area contributed by atoms with Gasteiger partial charge < -0.3 is 29.5 Å². The zero-order chi connectivity index (χ0) is 26.8. The van der Waals surface area contributed by atoms with Gasteiger partial charge in [0.25, 0.3) is 0 Å². The van der Waals surface area contributed by atoms with Crippen LogP contribution < -0.4 is 14.2 Å². The van der Waals surface area contributed by atoms with E-state index in [9.17, 15) is 20.1 Å². The van der Waals surface area contributed by atoms with Crippen molar-refractivity contribution in [1.29, 1.82) is 0 Å². The molecule has 0 saturated carbocycles. The van der Waals surface area contributed by atoms with E-state index in [1.165, 1.54) is 26.4 Å². The number of phenols is 3. The molecule has 0 unspecified atom stereocenters. The normalized spacial score (nSPS) is 13.7. The Morgan fingerprint density at radius 2 is 1.22 bits per heavy atom. The van der Waals surface area contributed by atoms with E-state index < -0.39 is 11.2 Å². The molecule has 0 bridgehead atoms. The molecule has 1 aliphatic carbocycles. The molecule has 0 atom stereocenters. The van der Waals surface area contributed by atoms with Gasteiger partial charge in [-0.2, -0.15) is 0 Å². The van der Waals surface area contributed by atoms with Crippen LogP contribution in [0.3, 0.4) is 0 Å². The lowest BCUT2D eigenvalue weighted by atomic mass is 9.67. The van der Waals surface area contributed by atoms with Gasteiger partial charge in [0.2, 0.25) is 5.78 Å². The van der Waals surface area contributed by atoms with Crippen LogP contribution in [-0.4, -0.2) is 42.4 Å². The van der Waals surface area contributed by atoms with Crippen LogP contribution in [0.25, 0.3) is 21.9 Å². The van der Waals surface area contributed by atoms with Gasteiger partial charge in [-0.05, 0) is 59.3 Å². The number of phenolic OH excluding ortho intramolecular Hbond substituents is 3. The van der Waals surface area contributed by atoms with E-state index in [4.69, 9.17) is 14.2 Å². The van der Waals surface area contributed by atoms with Gasteiger partial charge in [0.15, 0.2) is 0 Å². The van der Waals surface area contributed by atoms with Crippen molar-refractivity contribution in [1.82, 2.24) is 0 Å². The minimum Gasteiger partial charge on any atom is -0.507 e. The molecule has 7 heteroatoms. The maximum absolute atomic E-state index is 13.8. The average Bonchev–Trinajstić information content (AvgIpc) is 2.85. The highest BCUT2D eigenvalue weighted by molar-refractivity contribution is 6.20. The highest BCUT2D eigenvalue weighted by Crippen LogP contribution is 2.52. The molecule has 4 aromatic rings. The number of ketones is 1. The van der Waals surface area contributed by atoms with Crippen LogP contribution in [0, 0.1) is 6.92 Å². The third-order valence-electron chi connectivity index (χ3n) is 7.34. The van der Waals surface area contributed by atoms with Crippen LogP contribution in [0.2, 0.25) is 0 Å².